The summed E-state index contributed by atoms with van der Waals surface area (Å²) in [6.07, 6.45) is 2.57. The van der Waals surface area contributed by atoms with Crippen LogP contribution >= 0.6 is 0 Å². The van der Waals surface area contributed by atoms with Gasteiger partial charge in [-0.2, -0.15) is 0 Å². The number of likely N-dealkylation sites (tertiary alicyclic amines) is 1. The number of carbonyl (C=O) groups excluding carboxylic acids is 2. The summed E-state index contributed by atoms with van der Waals surface area (Å²) in [6.45, 7) is 2.58. The van der Waals surface area contributed by atoms with Crippen molar-refractivity contribution in [1.29, 1.82) is 0 Å². The molecule has 1 saturated heterocycles. The van der Waals surface area contributed by atoms with Gasteiger partial charge in [-0.05, 0) is 37.8 Å². The minimum Gasteiger partial charge on any atom is -0.390 e. The molecule has 1 saturated carbocycles. The van der Waals surface area contributed by atoms with E-state index in [0.29, 0.717) is 31.5 Å². The van der Waals surface area contributed by atoms with Crippen molar-refractivity contribution in [2.75, 3.05) is 13.1 Å². The zero-order valence-electron chi connectivity index (χ0n) is 15.1. The van der Waals surface area contributed by atoms with Crippen LogP contribution in [0, 0.1) is 0 Å². The van der Waals surface area contributed by atoms with Crippen LogP contribution in [0.5, 0.6) is 0 Å². The Labute approximate surface area is 158 Å². The Morgan fingerprint density at radius 1 is 1.19 bits per heavy atom. The van der Waals surface area contributed by atoms with Crippen molar-refractivity contribution in [3.63, 3.8) is 0 Å². The zero-order valence-corrected chi connectivity index (χ0v) is 15.9. The summed E-state index contributed by atoms with van der Waals surface area (Å²) < 4.78 is 24.5. The molecular formula is C18H23N3O5S. The first kappa shape index (κ1) is 19.3. The molecule has 1 aromatic rings. The van der Waals surface area contributed by atoms with E-state index < -0.39 is 15.7 Å². The molecule has 1 atom stereocenters. The molecule has 2 fully saturated rings. The van der Waals surface area contributed by atoms with Crippen molar-refractivity contribution in [1.82, 2.24) is 4.90 Å². The van der Waals surface area contributed by atoms with E-state index in [1.807, 2.05) is 0 Å². The highest BCUT2D eigenvalue weighted by Crippen LogP contribution is 2.33. The van der Waals surface area contributed by atoms with Gasteiger partial charge in [0.05, 0.1) is 16.7 Å². The Kier molecular flexibility index (Phi) is 5.50. The second kappa shape index (κ2) is 7.67. The third kappa shape index (κ3) is 4.47. The lowest BCUT2D eigenvalue weighted by Gasteiger charge is -2.30. The van der Waals surface area contributed by atoms with Gasteiger partial charge in [-0.3, -0.25) is 9.59 Å². The van der Waals surface area contributed by atoms with Crippen LogP contribution in [0.25, 0.3) is 0 Å². The van der Waals surface area contributed by atoms with Gasteiger partial charge in [0.15, 0.2) is 15.5 Å². The quantitative estimate of drug-likeness (QED) is 0.567. The molecule has 0 aromatic heterocycles. The molecule has 0 spiro atoms. The topological polar surface area (TPSA) is 119 Å². The van der Waals surface area contributed by atoms with E-state index in [2.05, 4.69) is 5.16 Å². The van der Waals surface area contributed by atoms with Crippen molar-refractivity contribution >= 4 is 27.4 Å². The molecular weight excluding hydrogens is 370 g/mol. The number of benzene rings is 1. The highest BCUT2D eigenvalue weighted by molar-refractivity contribution is 7.92. The largest absolute Gasteiger partial charge is 0.390 e. The molecule has 0 bridgehead atoms. The predicted octanol–water partition coefficient (Wildman–Crippen LogP) is 0.840. The summed E-state index contributed by atoms with van der Waals surface area (Å²) in [4.78, 5) is 30.6. The number of nitrogens with zero attached hydrogens (tertiary/aromatic N) is 2. The van der Waals surface area contributed by atoms with Gasteiger partial charge < -0.3 is 15.5 Å². The van der Waals surface area contributed by atoms with Crippen LogP contribution in [0.1, 0.15) is 38.2 Å². The van der Waals surface area contributed by atoms with Gasteiger partial charge in [-0.25, -0.2) is 8.42 Å². The normalized spacial score (nSPS) is 21.0. The van der Waals surface area contributed by atoms with Crippen molar-refractivity contribution in [2.24, 2.45) is 10.9 Å². The lowest BCUT2D eigenvalue weighted by molar-refractivity contribution is -0.133. The molecule has 1 heterocycles. The van der Waals surface area contributed by atoms with E-state index in [1.54, 1.807) is 4.90 Å². The van der Waals surface area contributed by atoms with Crippen LogP contribution < -0.4 is 5.73 Å². The molecule has 2 amide bonds. The lowest BCUT2D eigenvalue weighted by atomic mass is 10.1. The van der Waals surface area contributed by atoms with Gasteiger partial charge in [-0.1, -0.05) is 17.3 Å². The van der Waals surface area contributed by atoms with E-state index in [4.69, 9.17) is 10.6 Å². The van der Waals surface area contributed by atoms with E-state index in [0.717, 1.165) is 12.8 Å². The minimum absolute atomic E-state index is 0.0325. The van der Waals surface area contributed by atoms with Crippen molar-refractivity contribution < 1.29 is 22.8 Å². The summed E-state index contributed by atoms with van der Waals surface area (Å²) in [5.74, 6) is -0.804. The highest BCUT2D eigenvalue weighted by Gasteiger charge is 2.36. The Bertz CT molecular complexity index is 859. The molecule has 0 unspecified atom stereocenters. The third-order valence-electron chi connectivity index (χ3n) is 4.77. The van der Waals surface area contributed by atoms with Gasteiger partial charge >= 0.3 is 0 Å². The molecule has 1 aliphatic carbocycles. The second-order valence-electron chi connectivity index (χ2n) is 6.91. The van der Waals surface area contributed by atoms with E-state index in [1.165, 1.54) is 31.2 Å². The fraction of sp³-hybridized carbons (Fsp3) is 0.500. The summed E-state index contributed by atoms with van der Waals surface area (Å²) >= 11 is 0. The van der Waals surface area contributed by atoms with Gasteiger partial charge in [0.2, 0.25) is 5.91 Å². The van der Waals surface area contributed by atoms with Crippen molar-refractivity contribution in [3.8, 4) is 0 Å². The maximum Gasteiger partial charge on any atom is 0.271 e. The molecule has 3 rings (SSSR count). The molecule has 2 aliphatic rings. The number of hydrogen-bond acceptors (Lipinski definition) is 6. The van der Waals surface area contributed by atoms with Gasteiger partial charge in [0, 0.05) is 19.0 Å². The Morgan fingerprint density at radius 2 is 1.85 bits per heavy atom. The number of sulfone groups is 1. The van der Waals surface area contributed by atoms with Crippen LogP contribution in [0.2, 0.25) is 0 Å². The maximum absolute atomic E-state index is 12.2. The molecule has 8 nitrogen and oxygen atoms in total. The average Bonchev–Trinajstić information content (AvgIpc) is 3.48. The van der Waals surface area contributed by atoms with Crippen molar-refractivity contribution in [3.05, 3.63) is 29.8 Å². The average molecular weight is 393 g/mol. The number of amides is 2. The van der Waals surface area contributed by atoms with Crippen LogP contribution in [0.15, 0.2) is 34.3 Å². The minimum atomic E-state index is -3.30. The lowest BCUT2D eigenvalue weighted by Crippen LogP contribution is -2.41. The van der Waals surface area contributed by atoms with E-state index in [-0.39, 0.29) is 27.9 Å². The van der Waals surface area contributed by atoms with Gasteiger partial charge in [0.25, 0.3) is 5.91 Å². The third-order valence-corrected chi connectivity index (χ3v) is 7.05. The fourth-order valence-corrected chi connectivity index (χ4v) is 4.71. The predicted molar refractivity (Wildman–Crippen MR) is 98.7 cm³/mol. The standard InChI is InChI=1S/C18H23N3O5S/c1-12(22)21-10-2-3-14(11-21)26-20-17(18(19)23)13-4-6-15(7-5-13)27(24,25)16-8-9-16/h4-7,14,16H,2-3,8-11H2,1H3,(H2,19,23)/b20-17+/t14-/m1/s1. The SMILES string of the molecule is CC(=O)N1CCC[C@@H](O/N=C(/C(N)=O)c2ccc(S(=O)(=O)C3CC3)cc2)C1. The summed E-state index contributed by atoms with van der Waals surface area (Å²) in [5.41, 5.74) is 5.72. The molecule has 9 heteroatoms. The van der Waals surface area contributed by atoms with E-state index >= 15 is 0 Å². The Hall–Kier alpha value is -2.42. The van der Waals surface area contributed by atoms with Crippen molar-refractivity contribution in [2.45, 2.75) is 48.9 Å². The number of primary amides is 1. The first-order valence-electron chi connectivity index (χ1n) is 8.92. The number of nitrogens with two attached hydrogens (primary N) is 1. The molecule has 0 radical (unpaired) electrons. The Balaban J connectivity index is 1.74. The van der Waals surface area contributed by atoms with Crippen LogP contribution in [0.3, 0.4) is 0 Å². The number of rotatable bonds is 6. The molecule has 2 N–H and O–H groups in total. The van der Waals surface area contributed by atoms with Crippen LogP contribution in [-0.4, -0.2) is 55.3 Å². The highest BCUT2D eigenvalue weighted by atomic mass is 32.2. The molecule has 146 valence electrons. The monoisotopic (exact) mass is 393 g/mol. The van der Waals surface area contributed by atoms with Gasteiger partial charge in [-0.15, -0.1) is 0 Å². The zero-order chi connectivity index (χ0) is 19.6. The second-order valence-corrected chi connectivity index (χ2v) is 9.14. The first-order valence-corrected chi connectivity index (χ1v) is 10.5. The summed E-state index contributed by atoms with van der Waals surface area (Å²) in [6, 6.07) is 5.93. The van der Waals surface area contributed by atoms with Gasteiger partial charge in [0.1, 0.15) is 6.10 Å². The molecule has 1 aliphatic heterocycles. The number of piperidine rings is 1. The van der Waals surface area contributed by atoms with Crippen LogP contribution in [-0.2, 0) is 24.3 Å². The summed E-state index contributed by atoms with van der Waals surface area (Å²) in [5, 5.41) is 3.61. The summed E-state index contributed by atoms with van der Waals surface area (Å²) in [7, 11) is -3.30. The van der Waals surface area contributed by atoms with Crippen LogP contribution in [0.4, 0.5) is 0 Å². The number of hydrogen-bond donors (Lipinski definition) is 1. The fourth-order valence-electron chi connectivity index (χ4n) is 3.05. The molecule has 27 heavy (non-hydrogen) atoms. The first-order chi connectivity index (χ1) is 12.8. The Morgan fingerprint density at radius 3 is 2.41 bits per heavy atom. The maximum atomic E-state index is 12.2. The molecule has 1 aromatic carbocycles. The van der Waals surface area contributed by atoms with E-state index in [9.17, 15) is 18.0 Å². The number of carbonyl (C=O) groups is 2. The number of oxime groups is 1. The smallest absolute Gasteiger partial charge is 0.271 e.